The predicted molar refractivity (Wildman–Crippen MR) is 120 cm³/mol. The molecule has 170 valence electrons. The Labute approximate surface area is 190 Å². The van der Waals surface area contributed by atoms with Gasteiger partial charge in [-0.3, -0.25) is 9.59 Å². The summed E-state index contributed by atoms with van der Waals surface area (Å²) in [7, 11) is 0. The molecule has 33 heavy (non-hydrogen) atoms. The van der Waals surface area contributed by atoms with Crippen molar-refractivity contribution in [2.75, 3.05) is 0 Å². The number of benzene rings is 3. The predicted octanol–water partition coefficient (Wildman–Crippen LogP) is 3.45. The summed E-state index contributed by atoms with van der Waals surface area (Å²) < 4.78 is 26.7. The van der Waals surface area contributed by atoms with Crippen LogP contribution in [0.25, 0.3) is 11.1 Å². The molecule has 1 aliphatic carbocycles. The zero-order valence-electron chi connectivity index (χ0n) is 18.0. The Morgan fingerprint density at radius 1 is 1.00 bits per heavy atom. The number of amides is 2. The largest absolute Gasteiger partial charge is 0.390 e. The highest BCUT2D eigenvalue weighted by atomic mass is 19.1. The minimum atomic E-state index is -0.916. The fourth-order valence-electron chi connectivity index (χ4n) is 4.23. The van der Waals surface area contributed by atoms with Crippen molar-refractivity contribution in [3.63, 3.8) is 0 Å². The van der Waals surface area contributed by atoms with Crippen LogP contribution in [-0.2, 0) is 22.4 Å². The number of halogens is 2. The highest BCUT2D eigenvalue weighted by Crippen LogP contribution is 2.37. The Morgan fingerprint density at radius 2 is 1.64 bits per heavy atom. The van der Waals surface area contributed by atoms with Crippen LogP contribution < -0.4 is 10.6 Å². The second-order valence-corrected chi connectivity index (χ2v) is 8.25. The molecule has 0 saturated carbocycles. The molecule has 3 aromatic carbocycles. The molecule has 0 saturated heterocycles. The average Bonchev–Trinajstić information content (AvgIpc) is 2.87. The van der Waals surface area contributed by atoms with Crippen LogP contribution in [-0.4, -0.2) is 29.1 Å². The van der Waals surface area contributed by atoms with Gasteiger partial charge >= 0.3 is 0 Å². The normalized spacial score (nSPS) is 17.8. The highest BCUT2D eigenvalue weighted by molar-refractivity contribution is 5.88. The van der Waals surface area contributed by atoms with Crippen molar-refractivity contribution in [3.05, 3.63) is 95.1 Å². The quantitative estimate of drug-likeness (QED) is 0.557. The summed E-state index contributed by atoms with van der Waals surface area (Å²) in [5, 5.41) is 16.3. The van der Waals surface area contributed by atoms with Gasteiger partial charge in [-0.15, -0.1) is 0 Å². The van der Waals surface area contributed by atoms with E-state index in [4.69, 9.17) is 0 Å². The van der Waals surface area contributed by atoms with Crippen LogP contribution in [0.4, 0.5) is 8.78 Å². The van der Waals surface area contributed by atoms with Crippen molar-refractivity contribution in [1.82, 2.24) is 10.6 Å². The van der Waals surface area contributed by atoms with Gasteiger partial charge < -0.3 is 15.7 Å². The first-order valence-electron chi connectivity index (χ1n) is 10.7. The lowest BCUT2D eigenvalue weighted by Gasteiger charge is -2.26. The molecule has 0 heterocycles. The zero-order chi connectivity index (χ0) is 23.5. The minimum Gasteiger partial charge on any atom is -0.390 e. The molecule has 1 aliphatic rings. The number of carbonyl (C=O) groups is 2. The third kappa shape index (κ3) is 5.09. The molecule has 0 radical (unpaired) electrons. The topological polar surface area (TPSA) is 78.4 Å². The van der Waals surface area contributed by atoms with E-state index in [2.05, 4.69) is 10.6 Å². The second-order valence-electron chi connectivity index (χ2n) is 8.25. The Kier molecular flexibility index (Phi) is 6.51. The van der Waals surface area contributed by atoms with Crippen LogP contribution in [0.3, 0.4) is 0 Å². The number of nitrogens with one attached hydrogen (secondary N) is 2. The van der Waals surface area contributed by atoms with Crippen molar-refractivity contribution in [3.8, 4) is 11.1 Å². The molecule has 5 nitrogen and oxygen atoms in total. The van der Waals surface area contributed by atoms with Crippen molar-refractivity contribution >= 4 is 11.8 Å². The van der Waals surface area contributed by atoms with E-state index in [9.17, 15) is 23.5 Å². The van der Waals surface area contributed by atoms with Crippen molar-refractivity contribution in [2.24, 2.45) is 0 Å². The molecule has 3 atom stereocenters. The SMILES string of the molecule is C[C@H](NC(=O)Cc1cc(F)cc(F)c1)C(=O)NC1c2ccccc2-c2ccccc2CC1O. The first kappa shape index (κ1) is 22.6. The summed E-state index contributed by atoms with van der Waals surface area (Å²) in [5.41, 5.74) is 3.88. The summed E-state index contributed by atoms with van der Waals surface area (Å²) >= 11 is 0. The lowest BCUT2D eigenvalue weighted by Crippen LogP contribution is -2.48. The molecule has 0 aromatic heterocycles. The number of aliphatic hydroxyl groups excluding tert-OH is 1. The van der Waals surface area contributed by atoms with Crippen LogP contribution in [0.5, 0.6) is 0 Å². The van der Waals surface area contributed by atoms with E-state index in [1.165, 1.54) is 6.92 Å². The lowest BCUT2D eigenvalue weighted by atomic mass is 9.95. The number of rotatable bonds is 5. The number of carbonyl (C=O) groups excluding carboxylic acids is 2. The van der Waals surface area contributed by atoms with Crippen LogP contribution in [0.1, 0.15) is 29.7 Å². The smallest absolute Gasteiger partial charge is 0.242 e. The molecule has 4 rings (SSSR count). The van der Waals surface area contributed by atoms with Gasteiger partial charge in [-0.1, -0.05) is 48.5 Å². The lowest BCUT2D eigenvalue weighted by molar-refractivity contribution is -0.129. The Morgan fingerprint density at radius 3 is 2.36 bits per heavy atom. The molecule has 2 amide bonds. The van der Waals surface area contributed by atoms with Gasteiger partial charge in [-0.05, 0) is 46.9 Å². The Hall–Kier alpha value is -3.58. The first-order valence-corrected chi connectivity index (χ1v) is 10.7. The van der Waals surface area contributed by atoms with E-state index in [1.807, 2.05) is 48.5 Å². The van der Waals surface area contributed by atoms with Gasteiger partial charge in [0.15, 0.2) is 0 Å². The van der Waals surface area contributed by atoms with Crippen molar-refractivity contribution in [1.29, 1.82) is 0 Å². The fraction of sp³-hybridized carbons (Fsp3) is 0.231. The third-order valence-electron chi connectivity index (χ3n) is 5.77. The van der Waals surface area contributed by atoms with Crippen molar-refractivity contribution < 1.29 is 23.5 Å². The average molecular weight is 450 g/mol. The standard InChI is InChI=1S/C26H24F2N2O3/c1-15(29-24(32)12-16-10-18(27)14-19(28)11-16)26(33)30-25-22-9-5-4-8-21(22)20-7-3-2-6-17(20)13-23(25)31/h2-11,14-15,23,25,31H,12-13H2,1H3,(H,29,32)(H,30,33)/t15-,23?,25?/m0/s1. The molecule has 3 aromatic rings. The van der Waals surface area contributed by atoms with E-state index in [-0.39, 0.29) is 12.0 Å². The van der Waals surface area contributed by atoms with Gasteiger partial charge in [-0.25, -0.2) is 8.78 Å². The molecule has 0 spiro atoms. The van der Waals surface area contributed by atoms with E-state index >= 15 is 0 Å². The summed E-state index contributed by atoms with van der Waals surface area (Å²) in [6.45, 7) is 1.52. The zero-order valence-corrected chi connectivity index (χ0v) is 18.0. The molecule has 2 unspecified atom stereocenters. The van der Waals surface area contributed by atoms with Crippen molar-refractivity contribution in [2.45, 2.75) is 38.0 Å². The summed E-state index contributed by atoms with van der Waals surface area (Å²) in [4.78, 5) is 25.2. The van der Waals surface area contributed by atoms with Gasteiger partial charge in [0.2, 0.25) is 11.8 Å². The van der Waals surface area contributed by atoms with Gasteiger partial charge in [0.1, 0.15) is 17.7 Å². The second kappa shape index (κ2) is 9.50. The molecule has 0 aliphatic heterocycles. The maximum atomic E-state index is 13.4. The molecule has 3 N–H and O–H groups in total. The number of hydrogen-bond donors (Lipinski definition) is 3. The third-order valence-corrected chi connectivity index (χ3v) is 5.77. The van der Waals surface area contributed by atoms with Gasteiger partial charge in [0, 0.05) is 12.5 Å². The van der Waals surface area contributed by atoms with E-state index in [1.54, 1.807) is 0 Å². The first-order chi connectivity index (χ1) is 15.8. The Balaban J connectivity index is 1.48. The fourth-order valence-corrected chi connectivity index (χ4v) is 4.23. The van der Waals surface area contributed by atoms with Gasteiger partial charge in [0.05, 0.1) is 18.6 Å². The number of aliphatic hydroxyl groups is 1. The minimum absolute atomic E-state index is 0.170. The molecular weight excluding hydrogens is 426 g/mol. The Bertz CT molecular complexity index is 1180. The monoisotopic (exact) mass is 450 g/mol. The highest BCUT2D eigenvalue weighted by Gasteiger charge is 2.31. The van der Waals surface area contributed by atoms with Gasteiger partial charge in [0.25, 0.3) is 0 Å². The maximum absolute atomic E-state index is 13.4. The summed E-state index contributed by atoms with van der Waals surface area (Å²) in [6, 6.07) is 16.7. The van der Waals surface area contributed by atoms with Crippen LogP contribution in [0.15, 0.2) is 66.7 Å². The number of fused-ring (bicyclic) bond motifs is 3. The summed E-state index contributed by atoms with van der Waals surface area (Å²) in [5.74, 6) is -2.56. The van der Waals surface area contributed by atoms with Crippen LogP contribution >= 0.6 is 0 Å². The van der Waals surface area contributed by atoms with Crippen LogP contribution in [0, 0.1) is 11.6 Å². The van der Waals surface area contributed by atoms with E-state index in [0.29, 0.717) is 6.42 Å². The molecule has 7 heteroatoms. The molecule has 0 fully saturated rings. The molecule has 0 bridgehead atoms. The molecular formula is C26H24F2N2O3. The van der Waals surface area contributed by atoms with Gasteiger partial charge in [-0.2, -0.15) is 0 Å². The number of hydrogen-bond acceptors (Lipinski definition) is 3. The summed E-state index contributed by atoms with van der Waals surface area (Å²) in [6.07, 6.45) is -0.769. The van der Waals surface area contributed by atoms with E-state index < -0.39 is 41.6 Å². The van der Waals surface area contributed by atoms with E-state index in [0.717, 1.165) is 40.5 Å². The van der Waals surface area contributed by atoms with Crippen LogP contribution in [0.2, 0.25) is 0 Å². The maximum Gasteiger partial charge on any atom is 0.242 e.